The Kier molecular flexibility index (Phi) is 4.98. The molecule has 2 aromatic rings. The lowest BCUT2D eigenvalue weighted by atomic mass is 9.84. The van der Waals surface area contributed by atoms with Crippen LogP contribution in [0.5, 0.6) is 0 Å². The first-order valence-corrected chi connectivity index (χ1v) is 7.00. The van der Waals surface area contributed by atoms with Gasteiger partial charge >= 0.3 is 0 Å². The largest absolute Gasteiger partial charge is 0.360 e. The molecular formula is C16H18ClFN2O2. The predicted molar refractivity (Wildman–Crippen MR) is 83.8 cm³/mol. The zero-order valence-electron chi connectivity index (χ0n) is 12.5. The number of aryl methyl sites for hydroxylation is 1. The van der Waals surface area contributed by atoms with Gasteiger partial charge in [0.05, 0.1) is 5.56 Å². The number of benzene rings is 1. The number of hydrogen-bond acceptors (Lipinski definition) is 4. The Morgan fingerprint density at radius 3 is 2.77 bits per heavy atom. The molecule has 1 unspecified atom stereocenters. The molecule has 0 bridgehead atoms. The topological polar surface area (TPSA) is 46.3 Å². The molecule has 1 aromatic carbocycles. The minimum atomic E-state index is -0.392. The summed E-state index contributed by atoms with van der Waals surface area (Å²) >= 11 is 0. The van der Waals surface area contributed by atoms with Crippen molar-refractivity contribution < 1.29 is 13.7 Å². The van der Waals surface area contributed by atoms with Gasteiger partial charge in [-0.2, -0.15) is 0 Å². The van der Waals surface area contributed by atoms with Crippen LogP contribution < -0.4 is 0 Å². The first-order valence-electron chi connectivity index (χ1n) is 7.00. The number of halogens is 2. The maximum Gasteiger partial charge on any atom is 0.173 e. The fourth-order valence-corrected chi connectivity index (χ4v) is 2.84. The van der Waals surface area contributed by atoms with Crippen molar-refractivity contribution in [3.8, 4) is 11.3 Å². The van der Waals surface area contributed by atoms with E-state index in [1.165, 1.54) is 6.07 Å². The van der Waals surface area contributed by atoms with Crippen molar-refractivity contribution in [1.29, 1.82) is 0 Å². The van der Waals surface area contributed by atoms with Gasteiger partial charge in [0.25, 0.3) is 0 Å². The molecule has 1 heterocycles. The Morgan fingerprint density at radius 2 is 2.09 bits per heavy atom. The fraction of sp³-hybridized carbons (Fsp3) is 0.375. The highest BCUT2D eigenvalue weighted by atomic mass is 35.5. The molecule has 1 aromatic heterocycles. The normalized spacial score (nSPS) is 17.3. The quantitative estimate of drug-likeness (QED) is 0.869. The van der Waals surface area contributed by atoms with Gasteiger partial charge in [-0.15, -0.1) is 12.4 Å². The lowest BCUT2D eigenvalue weighted by Crippen LogP contribution is -2.31. The van der Waals surface area contributed by atoms with Crippen LogP contribution in [-0.4, -0.2) is 36.5 Å². The minimum absolute atomic E-state index is 0. The van der Waals surface area contributed by atoms with E-state index in [0.717, 1.165) is 6.42 Å². The Bertz CT molecular complexity index is 685. The zero-order valence-corrected chi connectivity index (χ0v) is 13.3. The molecular weight excluding hydrogens is 307 g/mol. The van der Waals surface area contributed by atoms with Gasteiger partial charge in [0.15, 0.2) is 5.78 Å². The Hall–Kier alpha value is -1.72. The van der Waals surface area contributed by atoms with E-state index in [-0.39, 0.29) is 24.1 Å². The molecule has 0 radical (unpaired) electrons. The van der Waals surface area contributed by atoms with Crippen molar-refractivity contribution in [2.45, 2.75) is 12.8 Å². The average Bonchev–Trinajstić information content (AvgIpc) is 2.87. The number of carbonyl (C=O) groups excluding carboxylic acids is 1. The van der Waals surface area contributed by atoms with E-state index in [0.29, 0.717) is 35.5 Å². The first kappa shape index (κ1) is 16.6. The summed E-state index contributed by atoms with van der Waals surface area (Å²) in [6, 6.07) is 6.32. The molecule has 6 heteroatoms. The van der Waals surface area contributed by atoms with Crippen molar-refractivity contribution in [2.24, 2.45) is 5.92 Å². The maximum absolute atomic E-state index is 14.0. The van der Waals surface area contributed by atoms with E-state index >= 15 is 0 Å². The molecule has 0 N–H and O–H groups in total. The SMILES string of the molecule is CN(C)CC1CCc2onc(-c3ccccc3F)c2C1=O.Cl. The van der Waals surface area contributed by atoms with Gasteiger partial charge in [0.2, 0.25) is 0 Å². The van der Waals surface area contributed by atoms with Crippen LogP contribution in [0.1, 0.15) is 22.5 Å². The van der Waals surface area contributed by atoms with Crippen molar-refractivity contribution in [2.75, 3.05) is 20.6 Å². The summed E-state index contributed by atoms with van der Waals surface area (Å²) in [4.78, 5) is 14.7. The van der Waals surface area contributed by atoms with E-state index in [9.17, 15) is 9.18 Å². The van der Waals surface area contributed by atoms with Gasteiger partial charge in [-0.3, -0.25) is 4.79 Å². The fourth-order valence-electron chi connectivity index (χ4n) is 2.84. The lowest BCUT2D eigenvalue weighted by Gasteiger charge is -2.23. The van der Waals surface area contributed by atoms with Crippen LogP contribution in [0.25, 0.3) is 11.3 Å². The van der Waals surface area contributed by atoms with E-state index in [1.54, 1.807) is 18.2 Å². The molecule has 1 aliphatic carbocycles. The van der Waals surface area contributed by atoms with E-state index in [2.05, 4.69) is 5.16 Å². The van der Waals surface area contributed by atoms with Crippen molar-refractivity contribution in [1.82, 2.24) is 10.1 Å². The molecule has 3 rings (SSSR count). The summed E-state index contributed by atoms with van der Waals surface area (Å²) in [6.07, 6.45) is 1.41. The molecule has 118 valence electrons. The summed E-state index contributed by atoms with van der Waals surface area (Å²) in [7, 11) is 3.88. The number of rotatable bonds is 3. The summed E-state index contributed by atoms with van der Waals surface area (Å²) < 4.78 is 19.2. The number of nitrogens with zero attached hydrogens (tertiary/aromatic N) is 2. The smallest absolute Gasteiger partial charge is 0.173 e. The predicted octanol–water partition coefficient (Wildman–Crippen LogP) is 3.21. The molecule has 22 heavy (non-hydrogen) atoms. The zero-order chi connectivity index (χ0) is 15.0. The molecule has 0 fully saturated rings. The van der Waals surface area contributed by atoms with Gasteiger partial charge in [0, 0.05) is 24.4 Å². The van der Waals surface area contributed by atoms with Crippen LogP contribution in [-0.2, 0) is 6.42 Å². The van der Waals surface area contributed by atoms with E-state index < -0.39 is 5.82 Å². The maximum atomic E-state index is 14.0. The third kappa shape index (κ3) is 2.91. The number of aromatic nitrogens is 1. The number of Topliss-reactive ketones (excluding diaryl/α,β-unsaturated/α-hetero) is 1. The molecule has 4 nitrogen and oxygen atoms in total. The number of carbonyl (C=O) groups is 1. The summed E-state index contributed by atoms with van der Waals surface area (Å²) in [5.74, 6) is 0.103. The first-order chi connectivity index (χ1) is 10.1. The Balaban J connectivity index is 0.00000176. The van der Waals surface area contributed by atoms with Crippen LogP contribution in [0.2, 0.25) is 0 Å². The third-order valence-electron chi connectivity index (χ3n) is 3.81. The Labute approximate surface area is 134 Å². The summed E-state index contributed by atoms with van der Waals surface area (Å²) in [5.41, 5.74) is 1.11. The Morgan fingerprint density at radius 1 is 1.36 bits per heavy atom. The van der Waals surface area contributed by atoms with Crippen molar-refractivity contribution >= 4 is 18.2 Å². The third-order valence-corrected chi connectivity index (χ3v) is 3.81. The van der Waals surface area contributed by atoms with Gasteiger partial charge in [-0.05, 0) is 32.6 Å². The van der Waals surface area contributed by atoms with Crippen LogP contribution in [0.15, 0.2) is 28.8 Å². The molecule has 1 atom stereocenters. The molecule has 0 aliphatic heterocycles. The number of ketones is 1. The second-order valence-electron chi connectivity index (χ2n) is 5.67. The molecule has 0 saturated heterocycles. The monoisotopic (exact) mass is 324 g/mol. The van der Waals surface area contributed by atoms with Crippen LogP contribution in [0, 0.1) is 11.7 Å². The van der Waals surface area contributed by atoms with Gasteiger partial charge in [-0.25, -0.2) is 4.39 Å². The van der Waals surface area contributed by atoms with Gasteiger partial charge in [0.1, 0.15) is 17.3 Å². The molecule has 1 aliphatic rings. The van der Waals surface area contributed by atoms with Crippen molar-refractivity contribution in [3.63, 3.8) is 0 Å². The van der Waals surface area contributed by atoms with Crippen LogP contribution in [0.3, 0.4) is 0 Å². The van der Waals surface area contributed by atoms with Crippen molar-refractivity contribution in [3.05, 3.63) is 41.4 Å². The van der Waals surface area contributed by atoms with Crippen LogP contribution in [0.4, 0.5) is 4.39 Å². The molecule has 0 amide bonds. The summed E-state index contributed by atoms with van der Waals surface area (Å²) in [6.45, 7) is 0.681. The second-order valence-corrected chi connectivity index (χ2v) is 5.67. The van der Waals surface area contributed by atoms with E-state index in [4.69, 9.17) is 4.52 Å². The molecule has 0 spiro atoms. The standard InChI is InChI=1S/C16H17FN2O2.ClH/c1-19(2)9-10-7-8-13-14(16(10)20)15(18-21-13)11-5-3-4-6-12(11)17;/h3-6,10H,7-9H2,1-2H3;1H. The highest BCUT2D eigenvalue weighted by molar-refractivity contribution is 6.04. The highest BCUT2D eigenvalue weighted by Gasteiger charge is 2.34. The van der Waals surface area contributed by atoms with Gasteiger partial charge in [-0.1, -0.05) is 17.3 Å². The minimum Gasteiger partial charge on any atom is -0.360 e. The summed E-state index contributed by atoms with van der Waals surface area (Å²) in [5, 5.41) is 3.94. The number of hydrogen-bond donors (Lipinski definition) is 0. The second kappa shape index (κ2) is 6.58. The number of fused-ring (bicyclic) bond motifs is 1. The van der Waals surface area contributed by atoms with E-state index in [1.807, 2.05) is 19.0 Å². The van der Waals surface area contributed by atoms with Gasteiger partial charge < -0.3 is 9.42 Å². The van der Waals surface area contributed by atoms with Crippen LogP contribution >= 0.6 is 12.4 Å². The lowest BCUT2D eigenvalue weighted by molar-refractivity contribution is 0.0872. The molecule has 0 saturated carbocycles. The average molecular weight is 325 g/mol. The highest BCUT2D eigenvalue weighted by Crippen LogP contribution is 2.34.